The molecule has 2 heteroatoms. The Morgan fingerprint density at radius 2 is 1.43 bits per heavy atom. The number of carbonyl (C=O) groups excluding carboxylic acids is 1. The summed E-state index contributed by atoms with van der Waals surface area (Å²) in [5.74, 6) is 4.92. The monoisotopic (exact) mass is 699 g/mol. The van der Waals surface area contributed by atoms with E-state index in [9.17, 15) is 4.79 Å². The van der Waals surface area contributed by atoms with Crippen LogP contribution in [-0.2, 0) is 9.53 Å². The third kappa shape index (κ3) is 12.2. The molecule has 0 amide bonds. The van der Waals surface area contributed by atoms with Crippen LogP contribution in [0.25, 0.3) is 0 Å². The first kappa shape index (κ1) is 41.7. The average molecular weight is 699 g/mol. The number of hydrogen-bond acceptors (Lipinski definition) is 2. The van der Waals surface area contributed by atoms with Gasteiger partial charge in [0.2, 0.25) is 0 Å². The molecular formula is C49H78O2. The highest BCUT2D eigenvalue weighted by molar-refractivity contribution is 5.82. The number of esters is 1. The minimum atomic E-state index is -0.212. The van der Waals surface area contributed by atoms with E-state index in [0.717, 1.165) is 54.8 Å². The molecule has 4 rings (SSSR count). The van der Waals surface area contributed by atoms with Gasteiger partial charge in [-0.2, -0.15) is 0 Å². The summed E-state index contributed by atoms with van der Waals surface area (Å²) in [6.45, 7) is 14.9. The Morgan fingerprint density at radius 1 is 0.765 bits per heavy atom. The summed E-state index contributed by atoms with van der Waals surface area (Å²) >= 11 is 0. The lowest BCUT2D eigenvalue weighted by atomic mass is 9.47. The first-order chi connectivity index (χ1) is 24.7. The summed E-state index contributed by atoms with van der Waals surface area (Å²) in [4.78, 5) is 12.7. The zero-order chi connectivity index (χ0) is 36.5. The third-order valence-corrected chi connectivity index (χ3v) is 14.2. The molecule has 0 unspecified atom stereocenters. The predicted octanol–water partition coefficient (Wildman–Crippen LogP) is 14.6. The second-order valence-corrected chi connectivity index (χ2v) is 18.2. The Labute approximate surface area is 315 Å². The van der Waals surface area contributed by atoms with E-state index in [1.165, 1.54) is 116 Å². The molecule has 2 nitrogen and oxygen atoms in total. The highest BCUT2D eigenvalue weighted by atomic mass is 16.5. The van der Waals surface area contributed by atoms with E-state index in [0.29, 0.717) is 5.41 Å². The van der Waals surface area contributed by atoms with Gasteiger partial charge in [-0.25, -0.2) is 4.79 Å². The van der Waals surface area contributed by atoms with Crippen LogP contribution in [0.1, 0.15) is 176 Å². The van der Waals surface area contributed by atoms with E-state index >= 15 is 0 Å². The van der Waals surface area contributed by atoms with Crippen LogP contribution in [0.3, 0.4) is 0 Å². The molecular weight excluding hydrogens is 621 g/mol. The van der Waals surface area contributed by atoms with Gasteiger partial charge in [0.1, 0.15) is 6.10 Å². The van der Waals surface area contributed by atoms with Gasteiger partial charge >= 0.3 is 5.97 Å². The lowest BCUT2D eigenvalue weighted by Gasteiger charge is -2.58. The molecule has 0 heterocycles. The molecule has 0 radical (unpaired) electrons. The first-order valence-electron chi connectivity index (χ1n) is 21.9. The Hall–Kier alpha value is -2.09. The molecule has 0 bridgehead atoms. The van der Waals surface area contributed by atoms with E-state index < -0.39 is 0 Å². The van der Waals surface area contributed by atoms with Crippen molar-refractivity contribution in [2.24, 2.45) is 46.3 Å². The maximum absolute atomic E-state index is 12.7. The number of ether oxygens (including phenoxy) is 1. The standard InChI is InChI=1S/C49H78O2/c1-7-8-9-10-11-12-13-14-15-16-17-18-19-20-21-22-23-24-25-29-47(50)51-42-34-36-48(5)41(38-42)30-31-43-45-33-32-44(40(4)28-26-27-39(2)3)49(45,6)37-35-46(43)48/h17-25,29-30,39-40,42-46H,7-16,26-28,31-38H2,1-6H3/b18-17+,20-19+,22-21+,24-23+,29-25+/t40-,42+,43+,44-,45+,46+,48+,49-/m1/s1. The van der Waals surface area contributed by atoms with E-state index in [2.05, 4.69) is 71.9 Å². The van der Waals surface area contributed by atoms with Crippen LogP contribution in [-0.4, -0.2) is 12.1 Å². The fraction of sp³-hybridized carbons (Fsp3) is 0.735. The van der Waals surface area contributed by atoms with Crippen molar-refractivity contribution in [3.05, 3.63) is 72.4 Å². The molecule has 8 atom stereocenters. The molecule has 0 N–H and O–H groups in total. The summed E-state index contributed by atoms with van der Waals surface area (Å²) in [6.07, 6.45) is 50.3. The normalized spacial score (nSPS) is 31.6. The van der Waals surface area contributed by atoms with Crippen LogP contribution in [0.2, 0.25) is 0 Å². The number of allylic oxidation sites excluding steroid dienone is 10. The van der Waals surface area contributed by atoms with Crippen molar-refractivity contribution in [2.45, 2.75) is 182 Å². The fourth-order valence-electron chi connectivity index (χ4n) is 11.2. The third-order valence-electron chi connectivity index (χ3n) is 14.2. The van der Waals surface area contributed by atoms with Crippen molar-refractivity contribution in [1.29, 1.82) is 0 Å². The zero-order valence-electron chi connectivity index (χ0n) is 34.1. The highest BCUT2D eigenvalue weighted by Crippen LogP contribution is 2.67. The molecule has 0 aromatic rings. The predicted molar refractivity (Wildman–Crippen MR) is 220 cm³/mol. The van der Waals surface area contributed by atoms with Gasteiger partial charge in [-0.3, -0.25) is 0 Å². The largest absolute Gasteiger partial charge is 0.459 e. The second kappa shape index (κ2) is 21.6. The lowest BCUT2D eigenvalue weighted by Crippen LogP contribution is -2.51. The van der Waals surface area contributed by atoms with Crippen molar-refractivity contribution in [1.82, 2.24) is 0 Å². The molecule has 4 aliphatic carbocycles. The summed E-state index contributed by atoms with van der Waals surface area (Å²) in [5.41, 5.74) is 2.41. The summed E-state index contributed by atoms with van der Waals surface area (Å²) < 4.78 is 5.99. The SMILES string of the molecule is CCCCCCCCCCC/C=C/C=C/C=C/C=C/C=C/C(=O)O[C@H]1CC[C@@]2(C)C(=CC[C@H]3[C@@H]4CC[C@H]([C@H](C)CCCC(C)C)[C@@]4(C)CC[C@@H]32)C1. The van der Waals surface area contributed by atoms with Crippen LogP contribution in [0.4, 0.5) is 0 Å². The lowest BCUT2D eigenvalue weighted by molar-refractivity contribution is -0.145. The number of hydrogen-bond donors (Lipinski definition) is 0. The molecule has 51 heavy (non-hydrogen) atoms. The van der Waals surface area contributed by atoms with Gasteiger partial charge in [0.15, 0.2) is 0 Å². The second-order valence-electron chi connectivity index (χ2n) is 18.2. The Balaban J connectivity index is 1.13. The maximum Gasteiger partial charge on any atom is 0.331 e. The van der Waals surface area contributed by atoms with Crippen molar-refractivity contribution < 1.29 is 9.53 Å². The molecule has 0 aromatic heterocycles. The minimum Gasteiger partial charge on any atom is -0.459 e. The van der Waals surface area contributed by atoms with Gasteiger partial charge in [0.05, 0.1) is 0 Å². The van der Waals surface area contributed by atoms with E-state index in [1.807, 2.05) is 24.3 Å². The summed E-state index contributed by atoms with van der Waals surface area (Å²) in [7, 11) is 0. The van der Waals surface area contributed by atoms with Gasteiger partial charge < -0.3 is 4.74 Å². The van der Waals surface area contributed by atoms with Gasteiger partial charge in [-0.15, -0.1) is 0 Å². The molecule has 3 saturated carbocycles. The smallest absolute Gasteiger partial charge is 0.331 e. The number of fused-ring (bicyclic) bond motifs is 5. The van der Waals surface area contributed by atoms with Gasteiger partial charge in [-0.1, -0.05) is 179 Å². The highest BCUT2D eigenvalue weighted by Gasteiger charge is 2.59. The average Bonchev–Trinajstić information content (AvgIpc) is 3.46. The number of rotatable bonds is 21. The van der Waals surface area contributed by atoms with E-state index in [1.54, 1.807) is 17.7 Å². The van der Waals surface area contributed by atoms with Crippen LogP contribution in [0, 0.1) is 46.3 Å². The quantitative estimate of drug-likeness (QED) is 0.0392. The van der Waals surface area contributed by atoms with Crippen molar-refractivity contribution in [3.8, 4) is 0 Å². The summed E-state index contributed by atoms with van der Waals surface area (Å²) in [5, 5.41) is 0. The number of carbonyl (C=O) groups is 1. The number of unbranched alkanes of at least 4 members (excludes halogenated alkanes) is 9. The molecule has 3 fully saturated rings. The van der Waals surface area contributed by atoms with Crippen LogP contribution < -0.4 is 0 Å². The van der Waals surface area contributed by atoms with Gasteiger partial charge in [0.25, 0.3) is 0 Å². The summed E-state index contributed by atoms with van der Waals surface area (Å²) in [6, 6.07) is 0. The first-order valence-corrected chi connectivity index (χ1v) is 21.9. The maximum atomic E-state index is 12.7. The molecule has 286 valence electrons. The zero-order valence-corrected chi connectivity index (χ0v) is 34.1. The fourth-order valence-corrected chi connectivity index (χ4v) is 11.2. The van der Waals surface area contributed by atoms with E-state index in [4.69, 9.17) is 4.74 Å². The topological polar surface area (TPSA) is 26.3 Å². The van der Waals surface area contributed by atoms with Crippen LogP contribution in [0.5, 0.6) is 0 Å². The Bertz CT molecular complexity index is 1210. The van der Waals surface area contributed by atoms with Crippen LogP contribution in [0.15, 0.2) is 72.4 Å². The van der Waals surface area contributed by atoms with Crippen molar-refractivity contribution in [3.63, 3.8) is 0 Å². The Kier molecular flexibility index (Phi) is 17.6. The van der Waals surface area contributed by atoms with Gasteiger partial charge in [-0.05, 0) is 104 Å². The molecule has 4 aliphatic rings. The minimum absolute atomic E-state index is 0.0109. The molecule has 0 aromatic carbocycles. The van der Waals surface area contributed by atoms with Crippen molar-refractivity contribution >= 4 is 5.97 Å². The van der Waals surface area contributed by atoms with Gasteiger partial charge in [0, 0.05) is 12.5 Å². The molecule has 0 aliphatic heterocycles. The Morgan fingerprint density at radius 3 is 2.14 bits per heavy atom. The molecule has 0 spiro atoms. The van der Waals surface area contributed by atoms with Crippen LogP contribution >= 0.6 is 0 Å². The van der Waals surface area contributed by atoms with E-state index in [-0.39, 0.29) is 17.5 Å². The van der Waals surface area contributed by atoms with Crippen molar-refractivity contribution in [2.75, 3.05) is 0 Å². The molecule has 0 saturated heterocycles.